The molecule has 1 atom stereocenters. The average molecular weight is 270 g/mol. The van der Waals surface area contributed by atoms with E-state index in [2.05, 4.69) is 15.0 Å². The summed E-state index contributed by atoms with van der Waals surface area (Å²) in [6.07, 6.45) is -0.220. The lowest BCUT2D eigenvalue weighted by Crippen LogP contribution is -2.47. The van der Waals surface area contributed by atoms with Crippen LogP contribution in [0.25, 0.3) is 0 Å². The highest BCUT2D eigenvalue weighted by molar-refractivity contribution is 7.07. The van der Waals surface area contributed by atoms with Crippen LogP contribution in [0, 0.1) is 5.41 Å². The fourth-order valence-electron chi connectivity index (χ4n) is 1.48. The van der Waals surface area contributed by atoms with E-state index in [-0.39, 0.29) is 5.78 Å². The molecule has 1 N–H and O–H groups in total. The van der Waals surface area contributed by atoms with Crippen molar-refractivity contribution in [2.24, 2.45) is 5.41 Å². The van der Waals surface area contributed by atoms with Crippen molar-refractivity contribution in [2.75, 3.05) is 7.11 Å². The van der Waals surface area contributed by atoms with Crippen molar-refractivity contribution in [1.82, 2.24) is 10.3 Å². The minimum Gasteiger partial charge on any atom is -0.453 e. The van der Waals surface area contributed by atoms with E-state index in [1.54, 1.807) is 5.51 Å². The van der Waals surface area contributed by atoms with Gasteiger partial charge in [0.15, 0.2) is 5.78 Å². The summed E-state index contributed by atoms with van der Waals surface area (Å²) >= 11 is 1.46. The Bertz CT molecular complexity index is 409. The first-order valence-electron chi connectivity index (χ1n) is 5.60. The molecular weight excluding hydrogens is 252 g/mol. The van der Waals surface area contributed by atoms with Gasteiger partial charge in [-0.15, -0.1) is 11.3 Å². The Hall–Kier alpha value is -1.43. The minimum absolute atomic E-state index is 0.0408. The van der Waals surface area contributed by atoms with E-state index in [1.165, 1.54) is 18.4 Å². The molecule has 0 saturated heterocycles. The Labute approximate surface area is 111 Å². The van der Waals surface area contributed by atoms with Crippen molar-refractivity contribution >= 4 is 23.2 Å². The molecule has 0 aromatic carbocycles. The number of Topliss-reactive ketones (excluding diaryl/α,β-unsaturated/α-hetero) is 1. The summed E-state index contributed by atoms with van der Waals surface area (Å²) in [4.78, 5) is 27.7. The van der Waals surface area contributed by atoms with Crippen LogP contribution in [0.1, 0.15) is 26.5 Å². The molecule has 0 saturated carbocycles. The molecule has 0 radical (unpaired) electrons. The van der Waals surface area contributed by atoms with Gasteiger partial charge in [0, 0.05) is 17.2 Å². The quantitative estimate of drug-likeness (QED) is 0.909. The molecule has 5 nitrogen and oxygen atoms in total. The number of nitrogens with zero attached hydrogens (tertiary/aromatic N) is 1. The molecule has 0 bridgehead atoms. The van der Waals surface area contributed by atoms with Gasteiger partial charge in [-0.1, -0.05) is 20.8 Å². The summed E-state index contributed by atoms with van der Waals surface area (Å²) in [5.74, 6) is -0.0408. The first kappa shape index (κ1) is 14.6. The summed E-state index contributed by atoms with van der Waals surface area (Å²) < 4.78 is 4.54. The maximum absolute atomic E-state index is 12.2. The van der Waals surface area contributed by atoms with E-state index in [4.69, 9.17) is 0 Å². The number of amides is 1. The van der Waals surface area contributed by atoms with Gasteiger partial charge < -0.3 is 10.1 Å². The van der Waals surface area contributed by atoms with Crippen LogP contribution in [-0.4, -0.2) is 30.0 Å². The molecule has 0 aliphatic rings. The van der Waals surface area contributed by atoms with E-state index in [0.717, 1.165) is 5.69 Å². The molecule has 0 fully saturated rings. The number of thiazole rings is 1. The zero-order chi connectivity index (χ0) is 13.8. The number of ether oxygens (including phenoxy) is 1. The second-order valence-corrected chi connectivity index (χ2v) is 5.71. The van der Waals surface area contributed by atoms with Crippen molar-refractivity contribution in [3.63, 3.8) is 0 Å². The first-order valence-corrected chi connectivity index (χ1v) is 6.54. The highest BCUT2D eigenvalue weighted by atomic mass is 32.1. The highest BCUT2D eigenvalue weighted by Crippen LogP contribution is 2.19. The molecule has 100 valence electrons. The maximum atomic E-state index is 12.2. The summed E-state index contributed by atoms with van der Waals surface area (Å²) in [5.41, 5.74) is 1.97. The molecule has 0 aliphatic carbocycles. The molecule has 18 heavy (non-hydrogen) atoms. The van der Waals surface area contributed by atoms with Gasteiger partial charge in [-0.25, -0.2) is 9.78 Å². The first-order chi connectivity index (χ1) is 8.34. The number of carbonyl (C=O) groups is 2. The number of methoxy groups -OCH3 is 1. The lowest BCUT2D eigenvalue weighted by atomic mass is 9.85. The molecule has 6 heteroatoms. The number of hydrogen-bond donors (Lipinski definition) is 1. The fourth-order valence-corrected chi connectivity index (χ4v) is 2.05. The van der Waals surface area contributed by atoms with Gasteiger partial charge in [-0.2, -0.15) is 0 Å². The van der Waals surface area contributed by atoms with Gasteiger partial charge in [0.2, 0.25) is 0 Å². The minimum atomic E-state index is -0.612. The van der Waals surface area contributed by atoms with Crippen molar-refractivity contribution < 1.29 is 14.3 Å². The standard InChI is InChI=1S/C12H18N2O3S/c1-12(2,3)10(15)9(14-11(16)17-4)5-8-6-18-7-13-8/h6-7,9H,5H2,1-4H3,(H,14,16)/t9-/m0/s1. The van der Waals surface area contributed by atoms with Gasteiger partial charge in [0.25, 0.3) is 0 Å². The Morgan fingerprint density at radius 1 is 1.50 bits per heavy atom. The van der Waals surface area contributed by atoms with E-state index < -0.39 is 17.6 Å². The molecule has 0 spiro atoms. The molecule has 1 rings (SSSR count). The van der Waals surface area contributed by atoms with Crippen molar-refractivity contribution in [3.8, 4) is 0 Å². The van der Waals surface area contributed by atoms with E-state index >= 15 is 0 Å². The van der Waals surface area contributed by atoms with Crippen LogP contribution in [0.4, 0.5) is 4.79 Å². The molecule has 0 unspecified atom stereocenters. The van der Waals surface area contributed by atoms with Gasteiger partial charge in [-0.05, 0) is 0 Å². The zero-order valence-electron chi connectivity index (χ0n) is 11.0. The normalized spacial score (nSPS) is 12.9. The van der Waals surface area contributed by atoms with Crippen LogP contribution in [0.3, 0.4) is 0 Å². The number of ketones is 1. The van der Waals surface area contributed by atoms with Crippen molar-refractivity contribution in [1.29, 1.82) is 0 Å². The number of hydrogen-bond acceptors (Lipinski definition) is 5. The molecule has 1 aromatic rings. The summed E-state index contributed by atoms with van der Waals surface area (Å²) in [7, 11) is 1.27. The van der Waals surface area contributed by atoms with Crippen LogP contribution >= 0.6 is 11.3 Å². The second-order valence-electron chi connectivity index (χ2n) is 4.99. The topological polar surface area (TPSA) is 68.3 Å². The number of nitrogens with one attached hydrogen (secondary N) is 1. The van der Waals surface area contributed by atoms with Gasteiger partial charge >= 0.3 is 6.09 Å². The molecule has 1 heterocycles. The van der Waals surface area contributed by atoms with Crippen LogP contribution in [0.15, 0.2) is 10.9 Å². The van der Waals surface area contributed by atoms with E-state index in [9.17, 15) is 9.59 Å². The SMILES string of the molecule is COC(=O)N[C@@H](Cc1cscn1)C(=O)C(C)(C)C. The number of aromatic nitrogens is 1. The molecular formula is C12H18N2O3S. The summed E-state index contributed by atoms with van der Waals surface area (Å²) in [6.45, 7) is 5.47. The van der Waals surface area contributed by atoms with Gasteiger partial charge in [0.1, 0.15) is 0 Å². The zero-order valence-corrected chi connectivity index (χ0v) is 11.8. The molecule has 0 aliphatic heterocycles. The predicted octanol–water partition coefficient (Wildman–Crippen LogP) is 2.03. The Balaban J connectivity index is 2.81. The van der Waals surface area contributed by atoms with Crippen molar-refractivity contribution in [2.45, 2.75) is 33.2 Å². The van der Waals surface area contributed by atoms with Gasteiger partial charge in [-0.3, -0.25) is 4.79 Å². The highest BCUT2D eigenvalue weighted by Gasteiger charge is 2.31. The Morgan fingerprint density at radius 3 is 2.61 bits per heavy atom. The lowest BCUT2D eigenvalue weighted by molar-refractivity contribution is -0.128. The van der Waals surface area contributed by atoms with Crippen LogP contribution in [-0.2, 0) is 16.0 Å². The maximum Gasteiger partial charge on any atom is 0.407 e. The number of rotatable bonds is 4. The largest absolute Gasteiger partial charge is 0.453 e. The molecule has 1 aromatic heterocycles. The Morgan fingerprint density at radius 2 is 2.17 bits per heavy atom. The molecule has 1 amide bonds. The van der Waals surface area contributed by atoms with E-state index in [0.29, 0.717) is 6.42 Å². The van der Waals surface area contributed by atoms with Crippen LogP contribution in [0.2, 0.25) is 0 Å². The predicted molar refractivity (Wildman–Crippen MR) is 69.6 cm³/mol. The van der Waals surface area contributed by atoms with Crippen molar-refractivity contribution in [3.05, 3.63) is 16.6 Å². The smallest absolute Gasteiger partial charge is 0.407 e. The van der Waals surface area contributed by atoms with E-state index in [1.807, 2.05) is 26.2 Å². The third-order valence-corrected chi connectivity index (χ3v) is 3.07. The van der Waals surface area contributed by atoms with Crippen LogP contribution < -0.4 is 5.32 Å². The fraction of sp³-hybridized carbons (Fsp3) is 0.583. The number of alkyl carbamates (subject to hydrolysis) is 1. The third-order valence-electron chi connectivity index (χ3n) is 2.43. The van der Waals surface area contributed by atoms with Crippen LogP contribution in [0.5, 0.6) is 0 Å². The third kappa shape index (κ3) is 4.10. The Kier molecular flexibility index (Phi) is 4.84. The monoisotopic (exact) mass is 270 g/mol. The summed E-state index contributed by atoms with van der Waals surface area (Å²) in [5, 5.41) is 4.43. The summed E-state index contributed by atoms with van der Waals surface area (Å²) in [6, 6.07) is -0.612. The lowest BCUT2D eigenvalue weighted by Gasteiger charge is -2.24. The second kappa shape index (κ2) is 5.95. The average Bonchev–Trinajstić information content (AvgIpc) is 2.78. The number of carbonyl (C=O) groups excluding carboxylic acids is 2. The van der Waals surface area contributed by atoms with Gasteiger partial charge in [0.05, 0.1) is 24.4 Å².